The Kier molecular flexibility index (Phi) is 4.87. The average molecular weight is 363 g/mol. The number of nitrogens with one attached hydrogen (secondary N) is 1. The highest BCUT2D eigenvalue weighted by Crippen LogP contribution is 2.21. The molecule has 6 nitrogen and oxygen atoms in total. The van der Waals surface area contributed by atoms with Crippen LogP contribution >= 0.6 is 0 Å². The third kappa shape index (κ3) is 3.84. The van der Waals surface area contributed by atoms with Crippen LogP contribution < -0.4 is 5.32 Å². The maximum absolute atomic E-state index is 12.7. The summed E-state index contributed by atoms with van der Waals surface area (Å²) < 4.78 is 5.28. The molecule has 0 saturated carbocycles. The van der Waals surface area contributed by atoms with Crippen molar-refractivity contribution in [1.82, 2.24) is 15.4 Å². The molecule has 138 valence electrons. The fourth-order valence-electron chi connectivity index (χ4n) is 3.50. The number of hydrogen-bond donors (Lipinski definition) is 1. The molecule has 0 spiro atoms. The van der Waals surface area contributed by atoms with Crippen molar-refractivity contribution in [1.29, 1.82) is 0 Å². The molecule has 4 rings (SSSR count). The van der Waals surface area contributed by atoms with E-state index < -0.39 is 0 Å². The lowest BCUT2D eigenvalue weighted by atomic mass is 10.1. The van der Waals surface area contributed by atoms with E-state index in [2.05, 4.69) is 10.5 Å². The maximum Gasteiger partial charge on any atom is 0.226 e. The summed E-state index contributed by atoms with van der Waals surface area (Å²) in [6, 6.07) is 17.0. The average Bonchev–Trinajstić information content (AvgIpc) is 3.28. The van der Waals surface area contributed by atoms with Crippen molar-refractivity contribution in [2.24, 2.45) is 0 Å². The lowest BCUT2D eigenvalue weighted by Crippen LogP contribution is -2.39. The van der Waals surface area contributed by atoms with E-state index in [1.807, 2.05) is 59.5 Å². The smallest absolute Gasteiger partial charge is 0.226 e. The van der Waals surface area contributed by atoms with Gasteiger partial charge in [0.2, 0.25) is 11.8 Å². The molecule has 0 bridgehead atoms. The largest absolute Gasteiger partial charge is 0.356 e. The maximum atomic E-state index is 12.7. The Hall–Kier alpha value is -3.15. The van der Waals surface area contributed by atoms with Gasteiger partial charge in [-0.05, 0) is 24.1 Å². The number of nitrogens with zero attached hydrogens (tertiary/aromatic N) is 2. The molecule has 0 unspecified atom stereocenters. The first kappa shape index (κ1) is 17.3. The summed E-state index contributed by atoms with van der Waals surface area (Å²) in [5, 5.41) is 7.95. The second kappa shape index (κ2) is 7.61. The second-order valence-corrected chi connectivity index (χ2v) is 6.78. The monoisotopic (exact) mass is 363 g/mol. The highest BCUT2D eigenvalue weighted by molar-refractivity contribution is 5.86. The number of carbonyl (C=O) groups is 2. The van der Waals surface area contributed by atoms with Crippen LogP contribution in [0.1, 0.15) is 30.1 Å². The summed E-state index contributed by atoms with van der Waals surface area (Å²) >= 11 is 0. The van der Waals surface area contributed by atoms with Crippen LogP contribution in [-0.2, 0) is 16.0 Å². The molecule has 3 aromatic rings. The predicted octanol–water partition coefficient (Wildman–Crippen LogP) is 2.85. The van der Waals surface area contributed by atoms with Gasteiger partial charge in [-0.25, -0.2) is 0 Å². The Morgan fingerprint density at radius 1 is 1.15 bits per heavy atom. The standard InChI is InChI=1S/C21H21N3O3/c25-20(13-17-16-9-4-5-10-19(16)27-23-17)22-18(15-7-2-1-3-8-15)14-24-12-6-11-21(24)26/h1-5,7-10,18H,6,11-14H2,(H,22,25)/t18-/m0/s1. The van der Waals surface area contributed by atoms with Gasteiger partial charge < -0.3 is 14.7 Å². The first-order chi connectivity index (χ1) is 13.2. The molecular formula is C21H21N3O3. The Bertz CT molecular complexity index is 951. The van der Waals surface area contributed by atoms with Crippen molar-refractivity contribution in [2.75, 3.05) is 13.1 Å². The Labute approximate surface area is 157 Å². The molecule has 1 aliphatic rings. The molecular weight excluding hydrogens is 342 g/mol. The van der Waals surface area contributed by atoms with Crippen LogP contribution in [0.4, 0.5) is 0 Å². The van der Waals surface area contributed by atoms with Crippen LogP contribution in [0.3, 0.4) is 0 Å². The zero-order valence-electron chi connectivity index (χ0n) is 14.9. The molecule has 1 saturated heterocycles. The normalized spacial score (nSPS) is 15.3. The molecule has 1 aromatic heterocycles. The van der Waals surface area contributed by atoms with Crippen molar-refractivity contribution in [3.05, 3.63) is 65.9 Å². The summed E-state index contributed by atoms with van der Waals surface area (Å²) in [7, 11) is 0. The van der Waals surface area contributed by atoms with Gasteiger partial charge in [-0.15, -0.1) is 0 Å². The number of fused-ring (bicyclic) bond motifs is 1. The fraction of sp³-hybridized carbons (Fsp3) is 0.286. The Balaban J connectivity index is 1.50. The topological polar surface area (TPSA) is 75.4 Å². The molecule has 1 aliphatic heterocycles. The number of amides is 2. The minimum atomic E-state index is -0.251. The molecule has 6 heteroatoms. The van der Waals surface area contributed by atoms with Crippen molar-refractivity contribution in [2.45, 2.75) is 25.3 Å². The van der Waals surface area contributed by atoms with Gasteiger partial charge in [-0.2, -0.15) is 0 Å². The van der Waals surface area contributed by atoms with Crippen molar-refractivity contribution < 1.29 is 14.1 Å². The molecule has 0 aliphatic carbocycles. The second-order valence-electron chi connectivity index (χ2n) is 6.78. The van der Waals surface area contributed by atoms with E-state index in [0.717, 1.165) is 23.9 Å². The van der Waals surface area contributed by atoms with Gasteiger partial charge in [-0.3, -0.25) is 9.59 Å². The number of carbonyl (C=O) groups excluding carboxylic acids is 2. The van der Waals surface area contributed by atoms with Crippen LogP contribution in [-0.4, -0.2) is 35.0 Å². The van der Waals surface area contributed by atoms with E-state index in [1.165, 1.54) is 0 Å². The molecule has 1 fully saturated rings. The molecule has 1 N–H and O–H groups in total. The van der Waals surface area contributed by atoms with Gasteiger partial charge in [0.1, 0.15) is 5.69 Å². The van der Waals surface area contributed by atoms with Crippen LogP contribution in [0.5, 0.6) is 0 Å². The number of benzene rings is 2. The van der Waals surface area contributed by atoms with E-state index in [0.29, 0.717) is 24.2 Å². The molecule has 1 atom stereocenters. The number of aromatic nitrogens is 1. The number of rotatable bonds is 6. The van der Waals surface area contributed by atoms with Gasteiger partial charge in [0, 0.05) is 24.9 Å². The van der Waals surface area contributed by atoms with Crippen LogP contribution in [0.15, 0.2) is 59.1 Å². The third-order valence-corrected chi connectivity index (χ3v) is 4.89. The first-order valence-electron chi connectivity index (χ1n) is 9.16. The summed E-state index contributed by atoms with van der Waals surface area (Å²) in [5.74, 6) is 0.00206. The van der Waals surface area contributed by atoms with Gasteiger partial charge in [0.05, 0.1) is 12.5 Å². The van der Waals surface area contributed by atoms with Gasteiger partial charge >= 0.3 is 0 Å². The zero-order valence-corrected chi connectivity index (χ0v) is 14.9. The lowest BCUT2D eigenvalue weighted by molar-refractivity contribution is -0.129. The van der Waals surface area contributed by atoms with Crippen molar-refractivity contribution >= 4 is 22.8 Å². The zero-order chi connectivity index (χ0) is 18.6. The predicted molar refractivity (Wildman–Crippen MR) is 101 cm³/mol. The molecule has 0 radical (unpaired) electrons. The number of hydrogen-bond acceptors (Lipinski definition) is 4. The van der Waals surface area contributed by atoms with E-state index in [4.69, 9.17) is 4.52 Å². The molecule has 2 aromatic carbocycles. The summed E-state index contributed by atoms with van der Waals surface area (Å²) in [5.41, 5.74) is 2.27. The first-order valence-corrected chi connectivity index (χ1v) is 9.16. The Morgan fingerprint density at radius 2 is 1.93 bits per heavy atom. The van der Waals surface area contributed by atoms with E-state index in [1.54, 1.807) is 0 Å². The Morgan fingerprint density at radius 3 is 2.70 bits per heavy atom. The SMILES string of the molecule is O=C(Cc1noc2ccccc12)N[C@@H](CN1CCCC1=O)c1ccccc1. The van der Waals surface area contributed by atoms with Gasteiger partial charge in [0.25, 0.3) is 0 Å². The third-order valence-electron chi connectivity index (χ3n) is 4.89. The van der Waals surface area contributed by atoms with Gasteiger partial charge in [-0.1, -0.05) is 47.6 Å². The lowest BCUT2D eigenvalue weighted by Gasteiger charge is -2.25. The highest BCUT2D eigenvalue weighted by Gasteiger charge is 2.25. The summed E-state index contributed by atoms with van der Waals surface area (Å²) in [4.78, 5) is 26.5. The molecule has 27 heavy (non-hydrogen) atoms. The van der Waals surface area contributed by atoms with E-state index in [9.17, 15) is 9.59 Å². The van der Waals surface area contributed by atoms with Crippen LogP contribution in [0.25, 0.3) is 11.0 Å². The van der Waals surface area contributed by atoms with E-state index in [-0.39, 0.29) is 24.3 Å². The summed E-state index contributed by atoms with van der Waals surface area (Å²) in [6.45, 7) is 1.22. The highest BCUT2D eigenvalue weighted by atomic mass is 16.5. The fourth-order valence-corrected chi connectivity index (χ4v) is 3.50. The van der Waals surface area contributed by atoms with Gasteiger partial charge in [0.15, 0.2) is 5.58 Å². The molecule has 2 amide bonds. The van der Waals surface area contributed by atoms with E-state index >= 15 is 0 Å². The van der Waals surface area contributed by atoms with Crippen LogP contribution in [0.2, 0.25) is 0 Å². The van der Waals surface area contributed by atoms with Crippen molar-refractivity contribution in [3.8, 4) is 0 Å². The number of para-hydroxylation sites is 1. The van der Waals surface area contributed by atoms with Crippen molar-refractivity contribution in [3.63, 3.8) is 0 Å². The minimum absolute atomic E-state index is 0.133. The molecule has 2 heterocycles. The number of likely N-dealkylation sites (tertiary alicyclic amines) is 1. The minimum Gasteiger partial charge on any atom is -0.356 e. The quantitative estimate of drug-likeness (QED) is 0.731. The van der Waals surface area contributed by atoms with Crippen LogP contribution in [0, 0.1) is 0 Å². The summed E-state index contributed by atoms with van der Waals surface area (Å²) in [6.07, 6.45) is 1.59.